The van der Waals surface area contributed by atoms with E-state index in [4.69, 9.17) is 5.11 Å². The molecule has 0 aliphatic heterocycles. The number of carbonyl (C=O) groups excluding carboxylic acids is 1. The van der Waals surface area contributed by atoms with Crippen molar-refractivity contribution in [1.82, 2.24) is 0 Å². The van der Waals surface area contributed by atoms with Crippen LogP contribution in [-0.2, 0) is 9.59 Å². The summed E-state index contributed by atoms with van der Waals surface area (Å²) in [6.45, 7) is 0. The number of halogens is 1. The minimum absolute atomic E-state index is 0.196. The van der Waals surface area contributed by atoms with Crippen molar-refractivity contribution < 1.29 is 14.7 Å². The normalized spacial score (nSPS) is 10.1. The van der Waals surface area contributed by atoms with Crippen LogP contribution in [0.15, 0.2) is 0 Å². The second-order valence-corrected chi connectivity index (χ2v) is 4.37. The molecule has 0 spiro atoms. The predicted octanol–water partition coefficient (Wildman–Crippen LogP) is 2.81. The largest absolute Gasteiger partial charge is 0.476 e. The third kappa shape index (κ3) is 8.47. The summed E-state index contributed by atoms with van der Waals surface area (Å²) in [5.74, 6) is -1.95. The predicted molar refractivity (Wildman–Crippen MR) is 63.8 cm³/mol. The van der Waals surface area contributed by atoms with Crippen molar-refractivity contribution in [2.24, 2.45) is 0 Å². The van der Waals surface area contributed by atoms with Crippen LogP contribution in [0.25, 0.3) is 0 Å². The summed E-state index contributed by atoms with van der Waals surface area (Å²) in [5, 5.41) is 8.30. The van der Waals surface area contributed by atoms with E-state index < -0.39 is 11.8 Å². The number of aliphatic carboxylic acids is 1. The van der Waals surface area contributed by atoms with E-state index >= 15 is 0 Å². The molecule has 0 amide bonds. The number of rotatable bonds is 9. The maximum atomic E-state index is 10.7. The number of Topliss-reactive ketones (excluding diaryl/α,β-unsaturated/α-hetero) is 1. The van der Waals surface area contributed by atoms with Crippen molar-refractivity contribution in [3.63, 3.8) is 0 Å². The Morgan fingerprint density at radius 3 is 1.93 bits per heavy atom. The van der Waals surface area contributed by atoms with Gasteiger partial charge in [-0.05, 0) is 17.3 Å². The van der Waals surface area contributed by atoms with Crippen LogP contribution in [0.4, 0.5) is 0 Å². The standard InChI is InChI=1S/C10H17IO3/c11-8-6-4-2-1-3-5-7-9(12)10(13)14/h1-8H2,(H,13,14). The summed E-state index contributed by atoms with van der Waals surface area (Å²) in [4.78, 5) is 20.8. The van der Waals surface area contributed by atoms with Crippen LogP contribution in [0.2, 0.25) is 0 Å². The van der Waals surface area contributed by atoms with Gasteiger partial charge < -0.3 is 5.11 Å². The number of alkyl halides is 1. The van der Waals surface area contributed by atoms with Crippen LogP contribution < -0.4 is 0 Å². The highest BCUT2D eigenvalue weighted by atomic mass is 127. The second kappa shape index (κ2) is 9.43. The zero-order chi connectivity index (χ0) is 10.8. The number of unbranched alkanes of at least 4 members (excludes halogenated alkanes) is 5. The lowest BCUT2D eigenvalue weighted by Crippen LogP contribution is -2.11. The van der Waals surface area contributed by atoms with Crippen molar-refractivity contribution in [2.75, 3.05) is 4.43 Å². The lowest BCUT2D eigenvalue weighted by molar-refractivity contribution is -0.149. The molecule has 0 aliphatic rings. The van der Waals surface area contributed by atoms with Gasteiger partial charge in [0.15, 0.2) is 0 Å². The lowest BCUT2D eigenvalue weighted by Gasteiger charge is -1.98. The quantitative estimate of drug-likeness (QED) is 0.308. The molecule has 0 rings (SSSR count). The maximum absolute atomic E-state index is 10.7. The summed E-state index contributed by atoms with van der Waals surface area (Å²) in [7, 11) is 0. The van der Waals surface area contributed by atoms with E-state index in [9.17, 15) is 9.59 Å². The number of carboxylic acids is 1. The van der Waals surface area contributed by atoms with E-state index in [0.29, 0.717) is 0 Å². The minimum atomic E-state index is -1.30. The van der Waals surface area contributed by atoms with Crippen LogP contribution >= 0.6 is 22.6 Å². The van der Waals surface area contributed by atoms with E-state index in [2.05, 4.69) is 22.6 Å². The molecule has 0 saturated heterocycles. The van der Waals surface area contributed by atoms with E-state index in [1.54, 1.807) is 0 Å². The highest BCUT2D eigenvalue weighted by Crippen LogP contribution is 2.08. The number of hydrogen-bond acceptors (Lipinski definition) is 2. The Balaban J connectivity index is 3.13. The molecule has 0 unspecified atom stereocenters. The highest BCUT2D eigenvalue weighted by molar-refractivity contribution is 14.1. The summed E-state index contributed by atoms with van der Waals surface area (Å²) >= 11 is 2.36. The van der Waals surface area contributed by atoms with Crippen LogP contribution in [0.1, 0.15) is 44.9 Å². The van der Waals surface area contributed by atoms with Gasteiger partial charge in [0.25, 0.3) is 0 Å². The summed E-state index contributed by atoms with van der Waals surface area (Å²) in [5.41, 5.74) is 0. The Bertz CT molecular complexity index is 180. The van der Waals surface area contributed by atoms with Crippen LogP contribution in [0, 0.1) is 0 Å². The molecular formula is C10H17IO3. The summed E-state index contributed by atoms with van der Waals surface area (Å²) in [6.07, 6.45) is 6.70. The molecule has 1 N–H and O–H groups in total. The first kappa shape index (κ1) is 13.9. The second-order valence-electron chi connectivity index (χ2n) is 3.29. The van der Waals surface area contributed by atoms with Crippen molar-refractivity contribution in [1.29, 1.82) is 0 Å². The van der Waals surface area contributed by atoms with Gasteiger partial charge in [-0.2, -0.15) is 0 Å². The Hall–Kier alpha value is -0.130. The molecule has 82 valence electrons. The molecule has 0 atom stereocenters. The van der Waals surface area contributed by atoms with E-state index in [0.717, 1.165) is 19.3 Å². The van der Waals surface area contributed by atoms with E-state index in [1.807, 2.05) is 0 Å². The molecule has 0 bridgehead atoms. The molecule has 0 radical (unpaired) electrons. The zero-order valence-electron chi connectivity index (χ0n) is 8.30. The molecule has 0 aromatic rings. The Labute approximate surface area is 98.4 Å². The topological polar surface area (TPSA) is 54.4 Å². The highest BCUT2D eigenvalue weighted by Gasteiger charge is 2.09. The minimum Gasteiger partial charge on any atom is -0.476 e. The van der Waals surface area contributed by atoms with Gasteiger partial charge in [-0.25, -0.2) is 4.79 Å². The molecule has 3 nitrogen and oxygen atoms in total. The van der Waals surface area contributed by atoms with E-state index in [1.165, 1.54) is 23.7 Å². The fourth-order valence-corrected chi connectivity index (χ4v) is 1.73. The molecule has 0 saturated carbocycles. The van der Waals surface area contributed by atoms with Gasteiger partial charge in [-0.15, -0.1) is 0 Å². The van der Waals surface area contributed by atoms with Gasteiger partial charge in [0.1, 0.15) is 0 Å². The fraction of sp³-hybridized carbons (Fsp3) is 0.800. The molecular weight excluding hydrogens is 295 g/mol. The zero-order valence-corrected chi connectivity index (χ0v) is 10.5. The molecule has 4 heteroatoms. The third-order valence-corrected chi connectivity index (χ3v) is 2.79. The SMILES string of the molecule is O=C(O)C(=O)CCCCCCCCI. The van der Waals surface area contributed by atoms with Gasteiger partial charge in [0, 0.05) is 6.42 Å². The van der Waals surface area contributed by atoms with Gasteiger partial charge in [-0.1, -0.05) is 48.3 Å². The summed E-state index contributed by atoms with van der Waals surface area (Å²) in [6, 6.07) is 0. The smallest absolute Gasteiger partial charge is 0.372 e. The maximum Gasteiger partial charge on any atom is 0.372 e. The first-order chi connectivity index (χ1) is 6.68. The van der Waals surface area contributed by atoms with Crippen LogP contribution in [-0.4, -0.2) is 21.3 Å². The van der Waals surface area contributed by atoms with Gasteiger partial charge in [0.05, 0.1) is 0 Å². The Morgan fingerprint density at radius 2 is 1.43 bits per heavy atom. The van der Waals surface area contributed by atoms with E-state index in [-0.39, 0.29) is 6.42 Å². The number of carboxylic acid groups (broad SMARTS) is 1. The molecule has 0 aromatic carbocycles. The van der Waals surface area contributed by atoms with Crippen LogP contribution in [0.5, 0.6) is 0 Å². The van der Waals surface area contributed by atoms with Crippen LogP contribution in [0.3, 0.4) is 0 Å². The first-order valence-electron chi connectivity index (χ1n) is 5.00. The molecule has 0 fully saturated rings. The molecule has 0 heterocycles. The van der Waals surface area contributed by atoms with Crippen molar-refractivity contribution in [2.45, 2.75) is 44.9 Å². The Morgan fingerprint density at radius 1 is 0.929 bits per heavy atom. The first-order valence-corrected chi connectivity index (χ1v) is 6.53. The van der Waals surface area contributed by atoms with Crippen molar-refractivity contribution >= 4 is 34.3 Å². The van der Waals surface area contributed by atoms with Gasteiger partial charge in [0.2, 0.25) is 5.78 Å². The van der Waals surface area contributed by atoms with Gasteiger partial charge in [-0.3, -0.25) is 4.79 Å². The number of ketones is 1. The molecule has 14 heavy (non-hydrogen) atoms. The van der Waals surface area contributed by atoms with Crippen molar-refractivity contribution in [3.05, 3.63) is 0 Å². The number of carbonyl (C=O) groups is 2. The average molecular weight is 312 g/mol. The lowest BCUT2D eigenvalue weighted by atomic mass is 10.1. The average Bonchev–Trinajstić information content (AvgIpc) is 2.16. The number of hydrogen-bond donors (Lipinski definition) is 1. The molecule has 0 aliphatic carbocycles. The summed E-state index contributed by atoms with van der Waals surface area (Å²) < 4.78 is 1.20. The Kier molecular flexibility index (Phi) is 9.34. The van der Waals surface area contributed by atoms with Gasteiger partial charge >= 0.3 is 5.97 Å². The fourth-order valence-electron chi connectivity index (χ4n) is 1.19. The van der Waals surface area contributed by atoms with Crippen molar-refractivity contribution in [3.8, 4) is 0 Å². The third-order valence-electron chi connectivity index (χ3n) is 2.03. The molecule has 0 aromatic heterocycles. The monoisotopic (exact) mass is 312 g/mol.